The fourth-order valence-electron chi connectivity index (χ4n) is 2.38. The zero-order valence-corrected chi connectivity index (χ0v) is 16.4. The van der Waals surface area contributed by atoms with Crippen LogP contribution in [0, 0.1) is 6.92 Å². The Kier molecular flexibility index (Phi) is 6.99. The molecule has 2 rings (SSSR count). The van der Waals surface area contributed by atoms with Gasteiger partial charge in [0, 0.05) is 5.56 Å². The third-order valence-electron chi connectivity index (χ3n) is 4.04. The van der Waals surface area contributed by atoms with Gasteiger partial charge in [-0.25, -0.2) is 0 Å². The number of aryl methyl sites for hydroxylation is 1. The quantitative estimate of drug-likeness (QED) is 0.598. The van der Waals surface area contributed by atoms with Crippen LogP contribution in [0.3, 0.4) is 0 Å². The van der Waals surface area contributed by atoms with Crippen LogP contribution in [-0.4, -0.2) is 31.6 Å². The lowest BCUT2D eigenvalue weighted by Gasteiger charge is -2.19. The van der Waals surface area contributed by atoms with E-state index >= 15 is 0 Å². The van der Waals surface area contributed by atoms with Crippen molar-refractivity contribution in [3.8, 4) is 5.75 Å². The van der Waals surface area contributed by atoms with Crippen LogP contribution >= 0.6 is 0 Å². The minimum absolute atomic E-state index is 0.0272. The molecule has 2 aromatic rings. The van der Waals surface area contributed by atoms with Crippen LogP contribution < -0.4 is 10.1 Å². The predicted molar refractivity (Wildman–Crippen MR) is 105 cm³/mol. The summed E-state index contributed by atoms with van der Waals surface area (Å²) >= 11 is 0. The third-order valence-corrected chi connectivity index (χ3v) is 4.04. The fourth-order valence-corrected chi connectivity index (χ4v) is 2.38. The average molecular weight is 369 g/mol. The van der Waals surface area contributed by atoms with Crippen molar-refractivity contribution in [2.45, 2.75) is 33.1 Å². The van der Waals surface area contributed by atoms with Crippen LogP contribution in [0.5, 0.6) is 5.75 Å². The summed E-state index contributed by atoms with van der Waals surface area (Å²) in [6, 6.07) is 15.0. The van der Waals surface area contributed by atoms with Gasteiger partial charge in [-0.05, 0) is 42.2 Å². The summed E-state index contributed by atoms with van der Waals surface area (Å²) in [4.78, 5) is 23.8. The molecule has 27 heavy (non-hydrogen) atoms. The van der Waals surface area contributed by atoms with E-state index < -0.39 is 5.97 Å². The molecule has 0 bridgehead atoms. The number of carbonyl (C=O) groups is 2. The molecule has 1 N–H and O–H groups in total. The first-order chi connectivity index (χ1) is 12.8. The minimum atomic E-state index is -0.498. The highest BCUT2D eigenvalue weighted by atomic mass is 16.6. The second-order valence-electron chi connectivity index (χ2n) is 7.39. The molecule has 0 heterocycles. The molecular formula is C22H27NO4. The van der Waals surface area contributed by atoms with Gasteiger partial charge in [0.1, 0.15) is 25.5 Å². The van der Waals surface area contributed by atoms with E-state index in [0.717, 1.165) is 16.9 Å². The molecule has 144 valence electrons. The summed E-state index contributed by atoms with van der Waals surface area (Å²) in [5, 5.41) is 2.57. The number of rotatable bonds is 7. The Labute approximate surface area is 160 Å². The molecule has 0 atom stereocenters. The maximum atomic E-state index is 12.1. The summed E-state index contributed by atoms with van der Waals surface area (Å²) < 4.78 is 10.5. The van der Waals surface area contributed by atoms with E-state index in [-0.39, 0.29) is 31.1 Å². The Balaban J connectivity index is 1.68. The number of amides is 1. The van der Waals surface area contributed by atoms with Gasteiger partial charge in [0.2, 0.25) is 0 Å². The van der Waals surface area contributed by atoms with E-state index in [1.54, 1.807) is 12.1 Å². The number of ether oxygens (including phenoxy) is 2. The standard InChI is InChI=1S/C22H27NO4/c1-16-5-11-19(12-6-16)26-13-14-27-20(24)15-23-21(25)17-7-9-18(10-8-17)22(2,3)4/h5-12H,13-15H2,1-4H3,(H,23,25). The highest BCUT2D eigenvalue weighted by Crippen LogP contribution is 2.22. The molecule has 0 aliphatic rings. The lowest BCUT2D eigenvalue weighted by atomic mass is 9.87. The molecule has 0 saturated carbocycles. The number of carbonyl (C=O) groups excluding carboxylic acids is 2. The van der Waals surface area contributed by atoms with Crippen LogP contribution in [0.2, 0.25) is 0 Å². The lowest BCUT2D eigenvalue weighted by Crippen LogP contribution is -2.31. The molecule has 5 heteroatoms. The van der Waals surface area contributed by atoms with Crippen molar-refractivity contribution in [2.24, 2.45) is 0 Å². The SMILES string of the molecule is Cc1ccc(OCCOC(=O)CNC(=O)c2ccc(C(C)(C)C)cc2)cc1. The molecule has 2 aromatic carbocycles. The van der Waals surface area contributed by atoms with Crippen molar-refractivity contribution < 1.29 is 19.1 Å². The first-order valence-corrected chi connectivity index (χ1v) is 8.99. The Morgan fingerprint density at radius 2 is 1.56 bits per heavy atom. The summed E-state index contributed by atoms with van der Waals surface area (Å²) in [6.07, 6.45) is 0. The van der Waals surface area contributed by atoms with Crippen molar-refractivity contribution in [1.29, 1.82) is 0 Å². The number of nitrogens with one attached hydrogen (secondary N) is 1. The monoisotopic (exact) mass is 369 g/mol. The van der Waals surface area contributed by atoms with Crippen molar-refractivity contribution in [2.75, 3.05) is 19.8 Å². The molecular weight excluding hydrogens is 342 g/mol. The number of hydrogen-bond donors (Lipinski definition) is 1. The minimum Gasteiger partial charge on any atom is -0.490 e. The fraction of sp³-hybridized carbons (Fsp3) is 0.364. The largest absolute Gasteiger partial charge is 0.490 e. The van der Waals surface area contributed by atoms with Crippen molar-refractivity contribution in [3.63, 3.8) is 0 Å². The molecule has 1 amide bonds. The summed E-state index contributed by atoms with van der Waals surface area (Å²) in [6.45, 7) is 8.55. The van der Waals surface area contributed by atoms with Gasteiger partial charge in [0.05, 0.1) is 0 Å². The molecule has 0 fully saturated rings. The molecule has 0 aromatic heterocycles. The normalized spacial score (nSPS) is 11.0. The topological polar surface area (TPSA) is 64.6 Å². The smallest absolute Gasteiger partial charge is 0.325 e. The highest BCUT2D eigenvalue weighted by molar-refractivity contribution is 5.95. The van der Waals surface area contributed by atoms with Crippen LogP contribution in [0.1, 0.15) is 42.3 Å². The van der Waals surface area contributed by atoms with E-state index in [2.05, 4.69) is 26.1 Å². The van der Waals surface area contributed by atoms with Crippen molar-refractivity contribution in [1.82, 2.24) is 5.32 Å². The van der Waals surface area contributed by atoms with Gasteiger partial charge in [0.25, 0.3) is 5.91 Å². The van der Waals surface area contributed by atoms with Crippen LogP contribution in [0.15, 0.2) is 48.5 Å². The van der Waals surface area contributed by atoms with Gasteiger partial charge in [-0.3, -0.25) is 9.59 Å². The van der Waals surface area contributed by atoms with Gasteiger partial charge >= 0.3 is 5.97 Å². The molecule has 0 saturated heterocycles. The molecule has 0 radical (unpaired) electrons. The third kappa shape index (κ3) is 6.77. The van der Waals surface area contributed by atoms with Crippen LogP contribution in [0.25, 0.3) is 0 Å². The van der Waals surface area contributed by atoms with Gasteiger partial charge in [-0.1, -0.05) is 50.6 Å². The Morgan fingerprint density at radius 3 is 2.15 bits per heavy atom. The maximum absolute atomic E-state index is 12.1. The number of hydrogen-bond acceptors (Lipinski definition) is 4. The highest BCUT2D eigenvalue weighted by Gasteiger charge is 2.14. The zero-order valence-electron chi connectivity index (χ0n) is 16.4. The molecule has 0 aliphatic heterocycles. The number of benzene rings is 2. The van der Waals surface area contributed by atoms with Crippen molar-refractivity contribution >= 4 is 11.9 Å². The van der Waals surface area contributed by atoms with Gasteiger partial charge in [-0.15, -0.1) is 0 Å². The van der Waals surface area contributed by atoms with E-state index in [4.69, 9.17) is 9.47 Å². The predicted octanol–water partition coefficient (Wildman–Crippen LogP) is 3.64. The second-order valence-corrected chi connectivity index (χ2v) is 7.39. The zero-order chi connectivity index (χ0) is 19.9. The number of esters is 1. The lowest BCUT2D eigenvalue weighted by molar-refractivity contribution is -0.143. The molecule has 5 nitrogen and oxygen atoms in total. The summed E-state index contributed by atoms with van der Waals surface area (Å²) in [5.41, 5.74) is 2.84. The summed E-state index contributed by atoms with van der Waals surface area (Å²) in [5.74, 6) is -0.0749. The Morgan fingerprint density at radius 1 is 0.926 bits per heavy atom. The Bertz CT molecular complexity index is 758. The molecule has 0 aliphatic carbocycles. The van der Waals surface area contributed by atoms with E-state index in [9.17, 15) is 9.59 Å². The first-order valence-electron chi connectivity index (χ1n) is 8.99. The van der Waals surface area contributed by atoms with Gasteiger partial charge in [-0.2, -0.15) is 0 Å². The maximum Gasteiger partial charge on any atom is 0.325 e. The van der Waals surface area contributed by atoms with E-state index in [1.165, 1.54) is 0 Å². The van der Waals surface area contributed by atoms with Gasteiger partial charge in [0.15, 0.2) is 0 Å². The summed E-state index contributed by atoms with van der Waals surface area (Å²) in [7, 11) is 0. The van der Waals surface area contributed by atoms with Crippen molar-refractivity contribution in [3.05, 3.63) is 65.2 Å². The van der Waals surface area contributed by atoms with E-state index in [1.807, 2.05) is 43.3 Å². The second kappa shape index (κ2) is 9.21. The Hall–Kier alpha value is -2.82. The van der Waals surface area contributed by atoms with Gasteiger partial charge < -0.3 is 14.8 Å². The van der Waals surface area contributed by atoms with Crippen LogP contribution in [0.4, 0.5) is 0 Å². The molecule has 0 unspecified atom stereocenters. The first kappa shape index (κ1) is 20.5. The van der Waals surface area contributed by atoms with Crippen LogP contribution in [-0.2, 0) is 14.9 Å². The molecule has 0 spiro atoms. The average Bonchev–Trinajstić information content (AvgIpc) is 2.64. The van der Waals surface area contributed by atoms with E-state index in [0.29, 0.717) is 5.56 Å².